The van der Waals surface area contributed by atoms with Gasteiger partial charge in [0.05, 0.1) is 11.8 Å². The maximum atomic E-state index is 9.08. The minimum Gasteiger partial charge on any atom is -0.399 e. The summed E-state index contributed by atoms with van der Waals surface area (Å²) in [6, 6.07) is 9.71. The zero-order chi connectivity index (χ0) is 12.5. The zero-order valence-electron chi connectivity index (χ0n) is 9.67. The Morgan fingerprint density at radius 3 is 2.89 bits per heavy atom. The number of nitriles is 1. The van der Waals surface area contributed by atoms with E-state index in [1.807, 2.05) is 23.1 Å². The highest BCUT2D eigenvalue weighted by Gasteiger charge is 2.22. The van der Waals surface area contributed by atoms with Crippen LogP contribution in [0.3, 0.4) is 0 Å². The van der Waals surface area contributed by atoms with Gasteiger partial charge in [-0.3, -0.25) is 0 Å². The maximum absolute atomic E-state index is 9.08. The van der Waals surface area contributed by atoms with Crippen molar-refractivity contribution in [3.8, 4) is 6.07 Å². The van der Waals surface area contributed by atoms with Gasteiger partial charge in [0.1, 0.15) is 6.07 Å². The molecular weight excluding hydrogens is 226 g/mol. The minimum atomic E-state index is 0.547. The van der Waals surface area contributed by atoms with Crippen LogP contribution in [0.5, 0.6) is 0 Å². The molecule has 0 amide bonds. The zero-order valence-corrected chi connectivity index (χ0v) is 9.67. The first kappa shape index (κ1) is 10.5. The predicted octanol–water partition coefficient (Wildman–Crippen LogP) is 1.45. The number of hydrogen-bond acceptors (Lipinski definition) is 5. The molecule has 5 nitrogen and oxygen atoms in total. The van der Waals surface area contributed by atoms with Crippen LogP contribution in [0.25, 0.3) is 0 Å². The van der Waals surface area contributed by atoms with Crippen LogP contribution in [0.2, 0.25) is 0 Å². The molecular formula is C13H11N5. The second-order valence-corrected chi connectivity index (χ2v) is 4.26. The molecule has 5 heteroatoms. The fourth-order valence-corrected chi connectivity index (χ4v) is 2.21. The molecule has 0 spiro atoms. The van der Waals surface area contributed by atoms with Gasteiger partial charge in [-0.2, -0.15) is 10.4 Å². The van der Waals surface area contributed by atoms with E-state index in [1.165, 1.54) is 17.3 Å². The molecule has 0 saturated heterocycles. The summed E-state index contributed by atoms with van der Waals surface area (Å²) in [5.74, 6) is 0.634. The largest absolute Gasteiger partial charge is 0.399 e. The van der Waals surface area contributed by atoms with Crippen molar-refractivity contribution in [3.05, 3.63) is 47.2 Å². The number of nitrogens with zero attached hydrogens (tertiary/aromatic N) is 4. The summed E-state index contributed by atoms with van der Waals surface area (Å²) in [5.41, 5.74) is 9.48. The van der Waals surface area contributed by atoms with Gasteiger partial charge in [0, 0.05) is 18.8 Å². The molecule has 88 valence electrons. The molecule has 2 heterocycles. The predicted molar refractivity (Wildman–Crippen MR) is 67.5 cm³/mol. The summed E-state index contributed by atoms with van der Waals surface area (Å²) in [7, 11) is 0. The van der Waals surface area contributed by atoms with E-state index in [-0.39, 0.29) is 0 Å². The van der Waals surface area contributed by atoms with Crippen LogP contribution < -0.4 is 10.6 Å². The van der Waals surface area contributed by atoms with Crippen molar-refractivity contribution in [3.63, 3.8) is 0 Å². The summed E-state index contributed by atoms with van der Waals surface area (Å²) < 4.78 is 0. The Hall–Kier alpha value is -2.61. The first-order valence-corrected chi connectivity index (χ1v) is 5.62. The lowest BCUT2D eigenvalue weighted by Gasteiger charge is -2.16. The van der Waals surface area contributed by atoms with Crippen LogP contribution in [0.1, 0.15) is 16.7 Å². The first-order chi connectivity index (χ1) is 8.78. The monoisotopic (exact) mass is 237 g/mol. The quantitative estimate of drug-likeness (QED) is 0.759. The van der Waals surface area contributed by atoms with E-state index in [9.17, 15) is 0 Å². The van der Waals surface area contributed by atoms with Crippen molar-refractivity contribution in [1.82, 2.24) is 10.2 Å². The fraction of sp³-hybridized carbons (Fsp3) is 0.154. The number of anilines is 2. The highest BCUT2D eigenvalue weighted by molar-refractivity contribution is 5.57. The summed E-state index contributed by atoms with van der Waals surface area (Å²) in [6.45, 7) is 1.46. The van der Waals surface area contributed by atoms with Gasteiger partial charge in [0.25, 0.3) is 0 Å². The number of benzene rings is 1. The number of rotatable bonds is 1. The van der Waals surface area contributed by atoms with Crippen LogP contribution in [-0.2, 0) is 13.1 Å². The Bertz CT molecular complexity index is 644. The molecule has 1 aliphatic heterocycles. The van der Waals surface area contributed by atoms with E-state index in [4.69, 9.17) is 11.0 Å². The molecule has 1 aromatic heterocycles. The number of nitrogens with two attached hydrogens (primary N) is 1. The van der Waals surface area contributed by atoms with Crippen LogP contribution in [0.15, 0.2) is 30.5 Å². The molecule has 0 atom stereocenters. The summed E-state index contributed by atoms with van der Waals surface area (Å²) in [6.07, 6.45) is 1.53. The Morgan fingerprint density at radius 1 is 1.22 bits per heavy atom. The van der Waals surface area contributed by atoms with Crippen molar-refractivity contribution in [1.29, 1.82) is 5.26 Å². The molecule has 0 radical (unpaired) electrons. The van der Waals surface area contributed by atoms with Crippen molar-refractivity contribution in [2.75, 3.05) is 10.6 Å². The smallest absolute Gasteiger partial charge is 0.169 e. The van der Waals surface area contributed by atoms with Crippen LogP contribution in [0, 0.1) is 11.3 Å². The van der Waals surface area contributed by atoms with Crippen molar-refractivity contribution >= 4 is 11.5 Å². The van der Waals surface area contributed by atoms with Crippen LogP contribution in [0.4, 0.5) is 11.5 Å². The van der Waals surface area contributed by atoms with Gasteiger partial charge >= 0.3 is 0 Å². The summed E-state index contributed by atoms with van der Waals surface area (Å²) in [5, 5.41) is 17.0. The molecule has 0 aliphatic carbocycles. The van der Waals surface area contributed by atoms with Gasteiger partial charge in [0.2, 0.25) is 0 Å². The SMILES string of the molecule is N#Cc1ccnnc1N1Cc2ccc(N)cc2C1. The van der Waals surface area contributed by atoms with E-state index in [0.717, 1.165) is 12.2 Å². The van der Waals surface area contributed by atoms with Crippen molar-refractivity contribution in [2.24, 2.45) is 0 Å². The fourth-order valence-electron chi connectivity index (χ4n) is 2.21. The van der Waals surface area contributed by atoms with E-state index >= 15 is 0 Å². The highest BCUT2D eigenvalue weighted by atomic mass is 15.3. The normalized spacial score (nSPS) is 13.2. The van der Waals surface area contributed by atoms with Gasteiger partial charge in [-0.1, -0.05) is 6.07 Å². The molecule has 1 aliphatic rings. The number of hydrogen-bond donors (Lipinski definition) is 1. The second kappa shape index (κ2) is 4.00. The third-order valence-corrected chi connectivity index (χ3v) is 3.07. The molecule has 0 unspecified atom stereocenters. The van der Waals surface area contributed by atoms with Crippen molar-refractivity contribution < 1.29 is 0 Å². The number of nitrogen functional groups attached to an aromatic ring is 1. The van der Waals surface area contributed by atoms with E-state index < -0.39 is 0 Å². The molecule has 0 saturated carbocycles. The lowest BCUT2D eigenvalue weighted by Crippen LogP contribution is -2.17. The first-order valence-electron chi connectivity index (χ1n) is 5.62. The van der Waals surface area contributed by atoms with Crippen molar-refractivity contribution in [2.45, 2.75) is 13.1 Å². The molecule has 1 aromatic carbocycles. The van der Waals surface area contributed by atoms with E-state index in [0.29, 0.717) is 17.9 Å². The van der Waals surface area contributed by atoms with E-state index in [2.05, 4.69) is 16.3 Å². The second-order valence-electron chi connectivity index (χ2n) is 4.26. The third kappa shape index (κ3) is 1.64. The Morgan fingerprint density at radius 2 is 2.06 bits per heavy atom. The maximum Gasteiger partial charge on any atom is 0.169 e. The Labute approximate surface area is 104 Å². The van der Waals surface area contributed by atoms with Gasteiger partial charge in [0.15, 0.2) is 5.82 Å². The minimum absolute atomic E-state index is 0.547. The van der Waals surface area contributed by atoms with E-state index in [1.54, 1.807) is 6.07 Å². The summed E-state index contributed by atoms with van der Waals surface area (Å²) in [4.78, 5) is 2.04. The van der Waals surface area contributed by atoms with Crippen LogP contribution in [-0.4, -0.2) is 10.2 Å². The van der Waals surface area contributed by atoms with Gasteiger partial charge in [-0.05, 0) is 29.3 Å². The van der Waals surface area contributed by atoms with Crippen LogP contribution >= 0.6 is 0 Å². The molecule has 2 aromatic rings. The standard InChI is InChI=1S/C13H11N5/c14-6-9-3-4-16-17-13(9)18-7-10-1-2-12(15)5-11(10)8-18/h1-5H,7-8,15H2. The number of fused-ring (bicyclic) bond motifs is 1. The average molecular weight is 237 g/mol. The molecule has 0 fully saturated rings. The summed E-state index contributed by atoms with van der Waals surface area (Å²) >= 11 is 0. The Balaban J connectivity index is 1.97. The number of aromatic nitrogens is 2. The topological polar surface area (TPSA) is 78.8 Å². The Kier molecular flexibility index (Phi) is 2.34. The lowest BCUT2D eigenvalue weighted by molar-refractivity contribution is 0.828. The molecule has 0 bridgehead atoms. The molecule has 3 rings (SSSR count). The average Bonchev–Trinajstić information content (AvgIpc) is 2.81. The highest BCUT2D eigenvalue weighted by Crippen LogP contribution is 2.29. The van der Waals surface area contributed by atoms with Gasteiger partial charge in [-0.25, -0.2) is 0 Å². The van der Waals surface area contributed by atoms with Gasteiger partial charge in [-0.15, -0.1) is 5.10 Å². The lowest BCUT2D eigenvalue weighted by atomic mass is 10.1. The van der Waals surface area contributed by atoms with Gasteiger partial charge < -0.3 is 10.6 Å². The molecule has 2 N–H and O–H groups in total. The third-order valence-electron chi connectivity index (χ3n) is 3.07. The molecule has 18 heavy (non-hydrogen) atoms.